The molecule has 0 radical (unpaired) electrons. The highest BCUT2D eigenvalue weighted by molar-refractivity contribution is 5.54. The number of aliphatic hydroxyl groups excluding tert-OH is 1. The quantitative estimate of drug-likeness (QED) is 0.837. The van der Waals surface area contributed by atoms with Gasteiger partial charge in [-0.05, 0) is 13.8 Å². The lowest BCUT2D eigenvalue weighted by Crippen LogP contribution is -2.23. The zero-order valence-corrected chi connectivity index (χ0v) is 9.79. The molecule has 2 aromatic rings. The lowest BCUT2D eigenvalue weighted by molar-refractivity contribution is 0.146. The zero-order valence-electron chi connectivity index (χ0n) is 9.79. The molecule has 0 saturated carbocycles. The number of hydrogen-bond donors (Lipinski definition) is 2. The fourth-order valence-corrected chi connectivity index (χ4v) is 1.40. The molecule has 1 aromatic heterocycles. The van der Waals surface area contributed by atoms with Crippen LogP contribution in [0.3, 0.4) is 0 Å². The minimum atomic E-state index is -0.721. The number of aryl methyl sites for hydroxylation is 1. The van der Waals surface area contributed by atoms with Crippen molar-refractivity contribution in [3.8, 4) is 11.4 Å². The average Bonchev–Trinajstić information content (AvgIpc) is 2.78. The van der Waals surface area contributed by atoms with Crippen molar-refractivity contribution in [2.24, 2.45) is 5.73 Å². The van der Waals surface area contributed by atoms with Crippen LogP contribution < -0.4 is 5.73 Å². The number of aliphatic hydroxyl groups is 1. The Bertz CT molecular complexity index is 491. The van der Waals surface area contributed by atoms with Crippen molar-refractivity contribution < 1.29 is 9.63 Å². The second-order valence-electron chi connectivity index (χ2n) is 4.09. The fourth-order valence-electron chi connectivity index (χ4n) is 1.40. The molecule has 0 bridgehead atoms. The maximum absolute atomic E-state index is 9.34. The SMILES string of the molecule is Cc1ccc(-c2noc([C@@H](N)[C@@H](C)O)n2)cc1. The van der Waals surface area contributed by atoms with Crippen LogP contribution in [0.15, 0.2) is 28.8 Å². The predicted molar refractivity (Wildman–Crippen MR) is 63.1 cm³/mol. The molecule has 5 heteroatoms. The summed E-state index contributed by atoms with van der Waals surface area (Å²) in [6.45, 7) is 3.59. The van der Waals surface area contributed by atoms with Crippen LogP contribution in [0.25, 0.3) is 11.4 Å². The molecule has 1 heterocycles. The molecular weight excluding hydrogens is 218 g/mol. The molecule has 2 rings (SSSR count). The van der Waals surface area contributed by atoms with E-state index in [1.807, 2.05) is 31.2 Å². The summed E-state index contributed by atoms with van der Waals surface area (Å²) in [4.78, 5) is 4.17. The predicted octanol–water partition coefficient (Wildman–Crippen LogP) is 1.43. The molecule has 90 valence electrons. The first-order valence-corrected chi connectivity index (χ1v) is 5.42. The summed E-state index contributed by atoms with van der Waals surface area (Å²) in [5.41, 5.74) is 7.74. The Morgan fingerprint density at radius 3 is 2.53 bits per heavy atom. The molecule has 0 saturated heterocycles. The third kappa shape index (κ3) is 2.51. The van der Waals surface area contributed by atoms with E-state index in [2.05, 4.69) is 10.1 Å². The number of benzene rings is 1. The van der Waals surface area contributed by atoms with Gasteiger partial charge in [0.05, 0.1) is 6.10 Å². The molecule has 0 unspecified atom stereocenters. The van der Waals surface area contributed by atoms with Gasteiger partial charge in [-0.1, -0.05) is 35.0 Å². The molecule has 1 aromatic carbocycles. The summed E-state index contributed by atoms with van der Waals surface area (Å²) in [7, 11) is 0. The van der Waals surface area contributed by atoms with Gasteiger partial charge in [-0.25, -0.2) is 0 Å². The van der Waals surface area contributed by atoms with Gasteiger partial charge < -0.3 is 15.4 Å². The molecule has 17 heavy (non-hydrogen) atoms. The largest absolute Gasteiger partial charge is 0.391 e. The molecule has 0 amide bonds. The van der Waals surface area contributed by atoms with Crippen LogP contribution in [-0.2, 0) is 0 Å². The molecule has 3 N–H and O–H groups in total. The van der Waals surface area contributed by atoms with E-state index in [-0.39, 0.29) is 5.89 Å². The smallest absolute Gasteiger partial charge is 0.246 e. The first kappa shape index (κ1) is 11.8. The van der Waals surface area contributed by atoms with Gasteiger partial charge in [-0.3, -0.25) is 0 Å². The third-order valence-corrected chi connectivity index (χ3v) is 2.56. The first-order chi connectivity index (χ1) is 8.08. The molecule has 0 fully saturated rings. The Kier molecular flexibility index (Phi) is 3.21. The van der Waals surface area contributed by atoms with Crippen LogP contribution in [0, 0.1) is 6.92 Å². The number of rotatable bonds is 3. The van der Waals surface area contributed by atoms with Gasteiger partial charge in [-0.15, -0.1) is 0 Å². The number of nitrogens with zero attached hydrogens (tertiary/aromatic N) is 2. The van der Waals surface area contributed by atoms with E-state index in [1.54, 1.807) is 6.92 Å². The van der Waals surface area contributed by atoms with E-state index >= 15 is 0 Å². The zero-order chi connectivity index (χ0) is 12.4. The highest BCUT2D eigenvalue weighted by atomic mass is 16.5. The number of aromatic nitrogens is 2. The number of nitrogens with two attached hydrogens (primary N) is 1. The molecule has 0 aliphatic heterocycles. The Labute approximate surface area is 99.3 Å². The topological polar surface area (TPSA) is 85.2 Å². The Morgan fingerprint density at radius 1 is 1.29 bits per heavy atom. The van der Waals surface area contributed by atoms with Crippen molar-refractivity contribution in [1.29, 1.82) is 0 Å². The summed E-state index contributed by atoms with van der Waals surface area (Å²) in [6, 6.07) is 7.12. The maximum Gasteiger partial charge on any atom is 0.246 e. The molecule has 0 aliphatic rings. The maximum atomic E-state index is 9.34. The summed E-state index contributed by atoms with van der Waals surface area (Å²) in [5.74, 6) is 0.728. The van der Waals surface area contributed by atoms with Gasteiger partial charge in [0.1, 0.15) is 6.04 Å². The van der Waals surface area contributed by atoms with Gasteiger partial charge in [0.25, 0.3) is 0 Å². The molecule has 0 aliphatic carbocycles. The van der Waals surface area contributed by atoms with Gasteiger partial charge in [0.15, 0.2) is 0 Å². The van der Waals surface area contributed by atoms with Crippen LogP contribution in [0.5, 0.6) is 0 Å². The fraction of sp³-hybridized carbons (Fsp3) is 0.333. The monoisotopic (exact) mass is 233 g/mol. The van der Waals surface area contributed by atoms with E-state index in [0.717, 1.165) is 11.1 Å². The first-order valence-electron chi connectivity index (χ1n) is 5.42. The van der Waals surface area contributed by atoms with E-state index in [1.165, 1.54) is 0 Å². The van der Waals surface area contributed by atoms with Crippen molar-refractivity contribution in [2.45, 2.75) is 26.0 Å². The molecule has 5 nitrogen and oxygen atoms in total. The highest BCUT2D eigenvalue weighted by Crippen LogP contribution is 2.19. The van der Waals surface area contributed by atoms with E-state index < -0.39 is 12.1 Å². The van der Waals surface area contributed by atoms with Crippen LogP contribution in [0.1, 0.15) is 24.4 Å². The molecule has 2 atom stereocenters. The van der Waals surface area contributed by atoms with Crippen LogP contribution in [0.4, 0.5) is 0 Å². The van der Waals surface area contributed by atoms with Gasteiger partial charge in [0.2, 0.25) is 11.7 Å². The van der Waals surface area contributed by atoms with Crippen LogP contribution >= 0.6 is 0 Å². The lowest BCUT2D eigenvalue weighted by Gasteiger charge is -2.08. The Morgan fingerprint density at radius 2 is 1.94 bits per heavy atom. The normalized spacial score (nSPS) is 14.6. The average molecular weight is 233 g/mol. The van der Waals surface area contributed by atoms with Gasteiger partial charge >= 0.3 is 0 Å². The second-order valence-corrected chi connectivity index (χ2v) is 4.09. The molecule has 0 spiro atoms. The van der Waals surface area contributed by atoms with Crippen molar-refractivity contribution >= 4 is 0 Å². The van der Waals surface area contributed by atoms with E-state index in [4.69, 9.17) is 10.3 Å². The summed E-state index contributed by atoms with van der Waals surface area (Å²) < 4.78 is 5.03. The summed E-state index contributed by atoms with van der Waals surface area (Å²) in [6.07, 6.45) is -0.721. The third-order valence-electron chi connectivity index (χ3n) is 2.56. The Balaban J connectivity index is 2.26. The van der Waals surface area contributed by atoms with Gasteiger partial charge in [-0.2, -0.15) is 4.98 Å². The highest BCUT2D eigenvalue weighted by Gasteiger charge is 2.19. The van der Waals surface area contributed by atoms with Crippen LogP contribution in [0.2, 0.25) is 0 Å². The Hall–Kier alpha value is -1.72. The number of hydrogen-bond acceptors (Lipinski definition) is 5. The van der Waals surface area contributed by atoms with Crippen LogP contribution in [-0.4, -0.2) is 21.4 Å². The van der Waals surface area contributed by atoms with Crippen molar-refractivity contribution in [2.75, 3.05) is 0 Å². The minimum absolute atomic E-state index is 0.246. The standard InChI is InChI=1S/C12H15N3O2/c1-7-3-5-9(6-4-7)11-14-12(17-15-11)10(13)8(2)16/h3-6,8,10,16H,13H2,1-2H3/t8-,10+/m1/s1. The van der Waals surface area contributed by atoms with Gasteiger partial charge in [0, 0.05) is 5.56 Å². The summed E-state index contributed by atoms with van der Waals surface area (Å²) in [5, 5.41) is 13.2. The molecular formula is C12H15N3O2. The summed E-state index contributed by atoms with van der Waals surface area (Å²) >= 11 is 0. The van der Waals surface area contributed by atoms with Crippen molar-refractivity contribution in [3.63, 3.8) is 0 Å². The van der Waals surface area contributed by atoms with E-state index in [0.29, 0.717) is 5.82 Å². The lowest BCUT2D eigenvalue weighted by atomic mass is 10.1. The van der Waals surface area contributed by atoms with Crippen molar-refractivity contribution in [1.82, 2.24) is 10.1 Å². The van der Waals surface area contributed by atoms with Crippen molar-refractivity contribution in [3.05, 3.63) is 35.7 Å². The van der Waals surface area contributed by atoms with E-state index in [9.17, 15) is 5.11 Å². The second kappa shape index (κ2) is 4.65. The minimum Gasteiger partial charge on any atom is -0.391 e.